The van der Waals surface area contributed by atoms with Gasteiger partial charge in [0, 0.05) is 19.1 Å². The summed E-state index contributed by atoms with van der Waals surface area (Å²) in [7, 11) is 0. The molecule has 0 spiro atoms. The van der Waals surface area contributed by atoms with Crippen LogP contribution in [0.4, 0.5) is 0 Å². The number of hydrogen-bond acceptors (Lipinski definition) is 4. The van der Waals surface area contributed by atoms with Gasteiger partial charge in [0.2, 0.25) is 11.8 Å². The van der Waals surface area contributed by atoms with Crippen LogP contribution in [0.25, 0.3) is 0 Å². The molecule has 0 aromatic rings. The van der Waals surface area contributed by atoms with Crippen LogP contribution in [0.1, 0.15) is 12.8 Å². The second-order valence-corrected chi connectivity index (χ2v) is 5.00. The van der Waals surface area contributed by atoms with Gasteiger partial charge in [-0.2, -0.15) is 0 Å². The fraction of sp³-hybridized carbons (Fsp3) is 0.818. The summed E-state index contributed by atoms with van der Waals surface area (Å²) >= 11 is 0. The fourth-order valence-corrected chi connectivity index (χ4v) is 3.14. The molecule has 0 unspecified atom stereocenters. The Balaban J connectivity index is 1.68. The summed E-state index contributed by atoms with van der Waals surface area (Å²) < 4.78 is 0. The number of nitrogens with zero attached hydrogens (tertiary/aromatic N) is 1. The van der Waals surface area contributed by atoms with Crippen LogP contribution >= 0.6 is 0 Å². The first-order chi connectivity index (χ1) is 7.75. The molecule has 0 radical (unpaired) electrons. The molecule has 3 fully saturated rings. The molecule has 0 bridgehead atoms. The number of piperidine rings is 1. The van der Waals surface area contributed by atoms with Crippen molar-refractivity contribution in [2.24, 2.45) is 11.8 Å². The number of carbonyl (C=O) groups excluding carboxylic acids is 2. The summed E-state index contributed by atoms with van der Waals surface area (Å²) in [6, 6.07) is 0.562. The van der Waals surface area contributed by atoms with E-state index in [2.05, 4.69) is 15.5 Å². The van der Waals surface area contributed by atoms with Crippen LogP contribution in [0.3, 0.4) is 0 Å². The molecule has 2 amide bonds. The van der Waals surface area contributed by atoms with Gasteiger partial charge < -0.3 is 5.32 Å². The average Bonchev–Trinajstić information content (AvgIpc) is 2.83. The zero-order valence-corrected chi connectivity index (χ0v) is 9.24. The highest BCUT2D eigenvalue weighted by atomic mass is 16.2. The first-order valence-electron chi connectivity index (χ1n) is 6.05. The van der Waals surface area contributed by atoms with E-state index in [0.29, 0.717) is 6.04 Å². The number of hydrogen-bond donors (Lipinski definition) is 2. The van der Waals surface area contributed by atoms with Crippen LogP contribution in [0.2, 0.25) is 0 Å². The third-order valence-electron chi connectivity index (χ3n) is 4.09. The highest BCUT2D eigenvalue weighted by Crippen LogP contribution is 2.31. The van der Waals surface area contributed by atoms with E-state index in [1.165, 1.54) is 0 Å². The number of rotatable bonds is 1. The summed E-state index contributed by atoms with van der Waals surface area (Å²) in [5.74, 6) is -0.289. The lowest BCUT2D eigenvalue weighted by Gasteiger charge is -2.31. The van der Waals surface area contributed by atoms with E-state index in [-0.39, 0.29) is 23.7 Å². The summed E-state index contributed by atoms with van der Waals surface area (Å²) in [4.78, 5) is 25.4. The van der Waals surface area contributed by atoms with Crippen molar-refractivity contribution in [2.45, 2.75) is 18.9 Å². The normalized spacial score (nSPS) is 36.5. The van der Waals surface area contributed by atoms with Crippen LogP contribution in [0.5, 0.6) is 0 Å². The van der Waals surface area contributed by atoms with Crippen molar-refractivity contribution in [2.75, 3.05) is 26.2 Å². The highest BCUT2D eigenvalue weighted by molar-refractivity contribution is 6.05. The molecular weight excluding hydrogens is 206 g/mol. The van der Waals surface area contributed by atoms with Gasteiger partial charge in [-0.3, -0.25) is 19.8 Å². The Morgan fingerprint density at radius 3 is 2.12 bits per heavy atom. The van der Waals surface area contributed by atoms with Gasteiger partial charge in [-0.25, -0.2) is 0 Å². The molecule has 0 aromatic carbocycles. The van der Waals surface area contributed by atoms with Crippen LogP contribution in [0.15, 0.2) is 0 Å². The van der Waals surface area contributed by atoms with Gasteiger partial charge in [0.1, 0.15) is 0 Å². The largest absolute Gasteiger partial charge is 0.317 e. The van der Waals surface area contributed by atoms with E-state index in [9.17, 15) is 9.59 Å². The summed E-state index contributed by atoms with van der Waals surface area (Å²) in [6.07, 6.45) is 2.27. The van der Waals surface area contributed by atoms with Crippen LogP contribution < -0.4 is 10.6 Å². The molecule has 2 atom stereocenters. The highest BCUT2D eigenvalue weighted by Gasteiger charge is 2.48. The Morgan fingerprint density at radius 1 is 1.00 bits per heavy atom. The fourth-order valence-electron chi connectivity index (χ4n) is 3.14. The van der Waals surface area contributed by atoms with Gasteiger partial charge in [-0.05, 0) is 25.9 Å². The Morgan fingerprint density at radius 2 is 1.56 bits per heavy atom. The van der Waals surface area contributed by atoms with Crippen LogP contribution in [-0.2, 0) is 9.59 Å². The van der Waals surface area contributed by atoms with Crippen molar-refractivity contribution in [1.29, 1.82) is 0 Å². The van der Waals surface area contributed by atoms with Gasteiger partial charge in [0.05, 0.1) is 11.8 Å². The molecule has 5 heteroatoms. The molecule has 3 aliphatic heterocycles. The van der Waals surface area contributed by atoms with Gasteiger partial charge in [-0.1, -0.05) is 0 Å². The van der Waals surface area contributed by atoms with Gasteiger partial charge in [0.15, 0.2) is 0 Å². The van der Waals surface area contributed by atoms with Crippen molar-refractivity contribution in [3.63, 3.8) is 0 Å². The van der Waals surface area contributed by atoms with Crippen molar-refractivity contribution in [3.05, 3.63) is 0 Å². The smallest absolute Gasteiger partial charge is 0.231 e. The standard InChI is InChI=1S/C11H17N3O2/c15-10-8-5-14(6-9(8)11(16)13-10)7-1-3-12-4-2-7/h7-9,12H,1-6H2,(H,13,15,16)/t8-,9-/m0/s1. The molecule has 5 nitrogen and oxygen atoms in total. The zero-order valence-electron chi connectivity index (χ0n) is 9.24. The van der Waals surface area contributed by atoms with E-state index < -0.39 is 0 Å². The monoisotopic (exact) mass is 223 g/mol. The van der Waals surface area contributed by atoms with E-state index in [0.717, 1.165) is 39.0 Å². The van der Waals surface area contributed by atoms with E-state index in [1.54, 1.807) is 0 Å². The second-order valence-electron chi connectivity index (χ2n) is 5.00. The van der Waals surface area contributed by atoms with Crippen LogP contribution in [0, 0.1) is 11.8 Å². The maximum Gasteiger partial charge on any atom is 0.231 e. The van der Waals surface area contributed by atoms with Crippen molar-refractivity contribution < 1.29 is 9.59 Å². The lowest BCUT2D eigenvalue weighted by Crippen LogP contribution is -2.43. The Labute approximate surface area is 94.6 Å². The number of likely N-dealkylation sites (tertiary alicyclic amines) is 1. The lowest BCUT2D eigenvalue weighted by molar-refractivity contribution is -0.126. The summed E-state index contributed by atoms with van der Waals surface area (Å²) in [5, 5.41) is 5.76. The Hall–Kier alpha value is -0.940. The SMILES string of the molecule is O=C1NC(=O)[C@H]2CN(C3CCNCC3)C[C@H]12. The number of fused-ring (bicyclic) bond motifs is 1. The van der Waals surface area contributed by atoms with Crippen molar-refractivity contribution in [1.82, 2.24) is 15.5 Å². The number of nitrogens with one attached hydrogen (secondary N) is 2. The zero-order chi connectivity index (χ0) is 11.1. The summed E-state index contributed by atoms with van der Waals surface area (Å²) in [5.41, 5.74) is 0. The molecule has 2 N–H and O–H groups in total. The molecule has 3 rings (SSSR count). The minimum Gasteiger partial charge on any atom is -0.317 e. The first kappa shape index (κ1) is 10.2. The molecule has 88 valence electrons. The minimum atomic E-state index is -0.0811. The van der Waals surface area contributed by atoms with E-state index in [1.807, 2.05) is 0 Å². The number of amides is 2. The Kier molecular flexibility index (Phi) is 2.44. The van der Waals surface area contributed by atoms with Crippen molar-refractivity contribution in [3.8, 4) is 0 Å². The molecule has 3 aliphatic rings. The van der Waals surface area contributed by atoms with E-state index >= 15 is 0 Å². The van der Waals surface area contributed by atoms with E-state index in [4.69, 9.17) is 0 Å². The maximum absolute atomic E-state index is 11.5. The molecule has 3 saturated heterocycles. The van der Waals surface area contributed by atoms with Crippen molar-refractivity contribution >= 4 is 11.8 Å². The Bertz CT molecular complexity index is 303. The molecule has 3 heterocycles. The topological polar surface area (TPSA) is 61.4 Å². The van der Waals surface area contributed by atoms with Crippen LogP contribution in [-0.4, -0.2) is 48.9 Å². The predicted octanol–water partition coefficient (Wildman–Crippen LogP) is -1.06. The van der Waals surface area contributed by atoms with Gasteiger partial charge in [0.25, 0.3) is 0 Å². The number of carbonyl (C=O) groups is 2. The predicted molar refractivity (Wildman–Crippen MR) is 57.6 cm³/mol. The molecule has 0 aromatic heterocycles. The third-order valence-corrected chi connectivity index (χ3v) is 4.09. The molecule has 0 saturated carbocycles. The average molecular weight is 223 g/mol. The third kappa shape index (κ3) is 1.55. The molecular formula is C11H17N3O2. The molecule has 0 aliphatic carbocycles. The second kappa shape index (κ2) is 3.82. The summed E-state index contributed by atoms with van der Waals surface area (Å²) in [6.45, 7) is 3.65. The first-order valence-corrected chi connectivity index (χ1v) is 6.05. The quantitative estimate of drug-likeness (QED) is 0.556. The van der Waals surface area contributed by atoms with Gasteiger partial charge >= 0.3 is 0 Å². The van der Waals surface area contributed by atoms with Gasteiger partial charge in [-0.15, -0.1) is 0 Å². The number of imide groups is 1. The lowest BCUT2D eigenvalue weighted by atomic mass is 10.00. The molecule has 16 heavy (non-hydrogen) atoms. The minimum absolute atomic E-state index is 0.0635. The maximum atomic E-state index is 11.5.